The molecule has 8 nitrogen and oxygen atoms in total. The number of H-pyrrole nitrogens is 1. The van der Waals surface area contributed by atoms with E-state index in [1.165, 1.54) is 7.05 Å². The van der Waals surface area contributed by atoms with Crippen molar-refractivity contribution in [2.75, 3.05) is 7.05 Å². The third kappa shape index (κ3) is 2.58. The van der Waals surface area contributed by atoms with E-state index in [1.807, 2.05) is 0 Å². The monoisotopic (exact) mass is 298 g/mol. The number of aromatic nitrogens is 3. The Balaban J connectivity index is 2.25. The summed E-state index contributed by atoms with van der Waals surface area (Å²) >= 11 is 0. The molecule has 2 heterocycles. The lowest BCUT2D eigenvalue weighted by molar-refractivity contribution is 0.0691. The molecule has 20 heavy (non-hydrogen) atoms. The van der Waals surface area contributed by atoms with Gasteiger partial charge in [0.25, 0.3) is 0 Å². The van der Waals surface area contributed by atoms with Crippen LogP contribution in [0, 0.1) is 0 Å². The number of rotatable bonds is 5. The third-order valence-electron chi connectivity index (χ3n) is 2.88. The normalized spacial score (nSPS) is 11.9. The van der Waals surface area contributed by atoms with Crippen LogP contribution < -0.4 is 0 Å². The van der Waals surface area contributed by atoms with Gasteiger partial charge in [0, 0.05) is 32.7 Å². The first-order chi connectivity index (χ1) is 9.32. The molecule has 108 valence electrons. The first-order valence-corrected chi connectivity index (χ1v) is 7.10. The highest BCUT2D eigenvalue weighted by Crippen LogP contribution is 2.17. The molecular formula is C11H14N4O4S. The van der Waals surface area contributed by atoms with Crippen LogP contribution in [0.3, 0.4) is 0 Å². The van der Waals surface area contributed by atoms with Crippen LogP contribution >= 0.6 is 0 Å². The van der Waals surface area contributed by atoms with Crippen molar-refractivity contribution in [3.8, 4) is 0 Å². The SMILES string of the molecule is CN(Cc1nccn1C)S(=O)(=O)c1c[nH]c(C(=O)O)c1. The van der Waals surface area contributed by atoms with E-state index in [2.05, 4.69) is 9.97 Å². The van der Waals surface area contributed by atoms with Crippen molar-refractivity contribution in [3.05, 3.63) is 36.2 Å². The van der Waals surface area contributed by atoms with Crippen LogP contribution in [-0.4, -0.2) is 45.4 Å². The molecule has 2 rings (SSSR count). The van der Waals surface area contributed by atoms with Gasteiger partial charge in [-0.05, 0) is 6.07 Å². The van der Waals surface area contributed by atoms with Gasteiger partial charge in [-0.1, -0.05) is 0 Å². The zero-order valence-corrected chi connectivity index (χ0v) is 11.8. The highest BCUT2D eigenvalue weighted by Gasteiger charge is 2.24. The number of carbonyl (C=O) groups is 1. The first kappa shape index (κ1) is 14.3. The zero-order valence-electron chi connectivity index (χ0n) is 10.9. The highest BCUT2D eigenvalue weighted by atomic mass is 32.2. The van der Waals surface area contributed by atoms with Crippen molar-refractivity contribution in [2.24, 2.45) is 7.05 Å². The molecule has 0 atom stereocenters. The first-order valence-electron chi connectivity index (χ1n) is 5.66. The molecule has 0 aliphatic heterocycles. The zero-order chi connectivity index (χ0) is 14.9. The smallest absolute Gasteiger partial charge is 0.352 e. The van der Waals surface area contributed by atoms with E-state index in [4.69, 9.17) is 5.11 Å². The van der Waals surface area contributed by atoms with E-state index in [0.717, 1.165) is 16.6 Å². The average Bonchev–Trinajstić information content (AvgIpc) is 2.99. The molecule has 0 aliphatic rings. The second kappa shape index (κ2) is 5.10. The van der Waals surface area contributed by atoms with Crippen molar-refractivity contribution in [3.63, 3.8) is 0 Å². The van der Waals surface area contributed by atoms with E-state index in [9.17, 15) is 13.2 Å². The van der Waals surface area contributed by atoms with Crippen LogP contribution in [-0.2, 0) is 23.6 Å². The fourth-order valence-electron chi connectivity index (χ4n) is 1.66. The van der Waals surface area contributed by atoms with Gasteiger partial charge in [-0.3, -0.25) is 0 Å². The second-order valence-corrected chi connectivity index (χ2v) is 6.31. The van der Waals surface area contributed by atoms with E-state index in [0.29, 0.717) is 5.82 Å². The molecule has 0 aliphatic carbocycles. The fourth-order valence-corrected chi connectivity index (χ4v) is 2.78. The maximum Gasteiger partial charge on any atom is 0.352 e. The van der Waals surface area contributed by atoms with Crippen LogP contribution in [0.5, 0.6) is 0 Å². The summed E-state index contributed by atoms with van der Waals surface area (Å²) in [5.41, 5.74) is -0.172. The second-order valence-electron chi connectivity index (χ2n) is 4.27. The molecule has 0 fully saturated rings. The predicted octanol–water partition coefficient (Wildman–Crippen LogP) is 0.267. The van der Waals surface area contributed by atoms with Gasteiger partial charge in [0.1, 0.15) is 16.4 Å². The maximum atomic E-state index is 12.3. The number of hydrogen-bond acceptors (Lipinski definition) is 4. The molecule has 2 aromatic rings. The molecule has 2 aromatic heterocycles. The summed E-state index contributed by atoms with van der Waals surface area (Å²) in [6.07, 6.45) is 4.46. The van der Waals surface area contributed by atoms with Gasteiger partial charge in [-0.15, -0.1) is 0 Å². The maximum absolute atomic E-state index is 12.3. The van der Waals surface area contributed by atoms with Gasteiger partial charge in [0.05, 0.1) is 6.54 Å². The number of aryl methyl sites for hydroxylation is 1. The number of sulfonamides is 1. The summed E-state index contributed by atoms with van der Waals surface area (Å²) in [7, 11) is -0.579. The van der Waals surface area contributed by atoms with Gasteiger partial charge in [0.2, 0.25) is 10.0 Å². The Morgan fingerprint density at radius 3 is 2.75 bits per heavy atom. The molecular weight excluding hydrogens is 284 g/mol. The van der Waals surface area contributed by atoms with Crippen LogP contribution in [0.2, 0.25) is 0 Å². The molecule has 0 amide bonds. The Bertz CT molecular complexity index is 731. The Morgan fingerprint density at radius 1 is 1.55 bits per heavy atom. The summed E-state index contributed by atoms with van der Waals surface area (Å²) in [6, 6.07) is 1.09. The topological polar surface area (TPSA) is 108 Å². The quantitative estimate of drug-likeness (QED) is 0.823. The van der Waals surface area contributed by atoms with Crippen molar-refractivity contribution in [1.29, 1.82) is 0 Å². The molecule has 0 saturated heterocycles. The molecule has 9 heteroatoms. The summed E-state index contributed by atoms with van der Waals surface area (Å²) in [6.45, 7) is 0.0966. The number of nitrogens with zero attached hydrogens (tertiary/aromatic N) is 3. The number of aromatic carboxylic acids is 1. The van der Waals surface area contributed by atoms with E-state index in [-0.39, 0.29) is 17.1 Å². The fraction of sp³-hybridized carbons (Fsp3) is 0.273. The number of carboxylic acid groups (broad SMARTS) is 1. The van der Waals surface area contributed by atoms with E-state index < -0.39 is 16.0 Å². The summed E-state index contributed by atoms with van der Waals surface area (Å²) in [5.74, 6) is -0.622. The van der Waals surface area contributed by atoms with Crippen LogP contribution in [0.1, 0.15) is 16.3 Å². The molecule has 0 bridgehead atoms. The largest absolute Gasteiger partial charge is 0.477 e. The minimum Gasteiger partial charge on any atom is -0.477 e. The molecule has 0 unspecified atom stereocenters. The Kier molecular flexibility index (Phi) is 3.64. The molecule has 0 aromatic carbocycles. The lowest BCUT2D eigenvalue weighted by Gasteiger charge is -2.15. The van der Waals surface area contributed by atoms with Crippen molar-refractivity contribution in [2.45, 2.75) is 11.4 Å². The number of hydrogen-bond donors (Lipinski definition) is 2. The standard InChI is InChI=1S/C11H14N4O4S/c1-14-4-3-12-10(14)7-15(2)20(18,19)8-5-9(11(16)17)13-6-8/h3-6,13H,7H2,1-2H3,(H,16,17). The van der Waals surface area contributed by atoms with Gasteiger partial charge >= 0.3 is 5.97 Å². The predicted molar refractivity (Wildman–Crippen MR) is 69.6 cm³/mol. The van der Waals surface area contributed by atoms with Crippen molar-refractivity contribution < 1.29 is 18.3 Å². The Hall–Kier alpha value is -2.13. The highest BCUT2D eigenvalue weighted by molar-refractivity contribution is 7.89. The van der Waals surface area contributed by atoms with E-state index >= 15 is 0 Å². The van der Waals surface area contributed by atoms with Gasteiger partial charge in [-0.25, -0.2) is 18.2 Å². The van der Waals surface area contributed by atoms with Gasteiger partial charge < -0.3 is 14.7 Å². The number of aromatic amines is 1. The number of nitrogens with one attached hydrogen (secondary N) is 1. The average molecular weight is 298 g/mol. The molecule has 0 radical (unpaired) electrons. The van der Waals surface area contributed by atoms with Crippen LogP contribution in [0.4, 0.5) is 0 Å². The lowest BCUT2D eigenvalue weighted by atomic mass is 10.4. The van der Waals surface area contributed by atoms with Crippen LogP contribution in [0.15, 0.2) is 29.6 Å². The van der Waals surface area contributed by atoms with Gasteiger partial charge in [-0.2, -0.15) is 4.31 Å². The summed E-state index contributed by atoms with van der Waals surface area (Å²) in [4.78, 5) is 17.1. The Labute approximate surface area is 115 Å². The van der Waals surface area contributed by atoms with Crippen LogP contribution in [0.25, 0.3) is 0 Å². The molecule has 2 N–H and O–H groups in total. The molecule has 0 spiro atoms. The molecule has 0 saturated carbocycles. The number of carboxylic acids is 1. The van der Waals surface area contributed by atoms with Crippen molar-refractivity contribution in [1.82, 2.24) is 18.8 Å². The summed E-state index contributed by atoms with van der Waals surface area (Å²) < 4.78 is 27.4. The van der Waals surface area contributed by atoms with Gasteiger partial charge in [0.15, 0.2) is 0 Å². The third-order valence-corrected chi connectivity index (χ3v) is 4.66. The lowest BCUT2D eigenvalue weighted by Crippen LogP contribution is -2.27. The summed E-state index contributed by atoms with van der Waals surface area (Å²) in [5, 5.41) is 8.79. The minimum absolute atomic E-state index is 0.0911. The van der Waals surface area contributed by atoms with E-state index in [1.54, 1.807) is 24.0 Å². The van der Waals surface area contributed by atoms with Crippen molar-refractivity contribution >= 4 is 16.0 Å². The minimum atomic E-state index is -3.76. The number of imidazole rings is 1. The Morgan fingerprint density at radius 2 is 2.25 bits per heavy atom.